The van der Waals surface area contributed by atoms with E-state index in [0.717, 1.165) is 24.9 Å². The Morgan fingerprint density at radius 3 is 2.43 bits per heavy atom. The van der Waals surface area contributed by atoms with Gasteiger partial charge >= 0.3 is 11.7 Å². The summed E-state index contributed by atoms with van der Waals surface area (Å²) in [7, 11) is 0. The van der Waals surface area contributed by atoms with Gasteiger partial charge < -0.3 is 15.5 Å². The Labute approximate surface area is 215 Å². The van der Waals surface area contributed by atoms with Crippen molar-refractivity contribution in [3.8, 4) is 0 Å². The number of urea groups is 1. The number of amides is 3. The van der Waals surface area contributed by atoms with Crippen LogP contribution in [0.1, 0.15) is 45.6 Å². The number of anilines is 2. The van der Waals surface area contributed by atoms with E-state index in [9.17, 15) is 19.2 Å². The fraction of sp³-hybridized carbons (Fsp3) is 0.429. The molecule has 9 heteroatoms. The Bertz CT molecular complexity index is 1440. The van der Waals surface area contributed by atoms with E-state index in [4.69, 9.17) is 0 Å². The predicted octanol–water partition coefficient (Wildman–Crippen LogP) is 4.04. The molecule has 1 aliphatic heterocycles. The number of fused-ring (bicyclic) bond motifs is 1. The number of hydrogen-bond donors (Lipinski definition) is 2. The molecule has 2 fully saturated rings. The summed E-state index contributed by atoms with van der Waals surface area (Å²) in [6.45, 7) is 5.14. The molecule has 194 valence electrons. The van der Waals surface area contributed by atoms with Crippen molar-refractivity contribution in [2.75, 3.05) is 23.7 Å². The van der Waals surface area contributed by atoms with E-state index in [2.05, 4.69) is 10.6 Å². The van der Waals surface area contributed by atoms with Gasteiger partial charge in [0.25, 0.3) is 5.56 Å². The molecule has 5 rings (SSSR count). The van der Waals surface area contributed by atoms with E-state index < -0.39 is 0 Å². The van der Waals surface area contributed by atoms with Gasteiger partial charge in [-0.25, -0.2) is 9.59 Å². The summed E-state index contributed by atoms with van der Waals surface area (Å²) in [5.74, 6) is -0.0267. The fourth-order valence-corrected chi connectivity index (χ4v) is 5.02. The lowest BCUT2D eigenvalue weighted by molar-refractivity contribution is -0.121. The van der Waals surface area contributed by atoms with Crippen LogP contribution in [0, 0.1) is 11.8 Å². The molecule has 0 radical (unpaired) electrons. The molecule has 1 saturated heterocycles. The van der Waals surface area contributed by atoms with Crippen LogP contribution in [-0.2, 0) is 11.3 Å². The van der Waals surface area contributed by atoms with Gasteiger partial charge in [0.1, 0.15) is 0 Å². The molecule has 1 aromatic heterocycles. The summed E-state index contributed by atoms with van der Waals surface area (Å²) >= 11 is 0. The van der Waals surface area contributed by atoms with Gasteiger partial charge in [-0.05, 0) is 75.8 Å². The molecule has 0 bridgehead atoms. The molecule has 1 aliphatic carbocycles. The van der Waals surface area contributed by atoms with E-state index in [1.54, 1.807) is 27.7 Å². The standard InChI is InChI=1S/C28H33N5O4/c1-18(2)33-24-13-12-22(15-23(24)26(35)32(28(33)37)16-19-10-11-19)30-27(36)31-14-6-7-20(17-31)25(34)29-21-8-4-3-5-9-21/h3-5,8-9,12-13,15,18-20H,6-7,10-11,14,16-17H2,1-2H3,(H,29,34)(H,30,36). The third kappa shape index (κ3) is 5.30. The van der Waals surface area contributed by atoms with Crippen molar-refractivity contribution < 1.29 is 9.59 Å². The van der Waals surface area contributed by atoms with E-state index in [1.807, 2.05) is 44.2 Å². The summed E-state index contributed by atoms with van der Waals surface area (Å²) in [5.41, 5.74) is 1.17. The average molecular weight is 504 g/mol. The zero-order valence-electron chi connectivity index (χ0n) is 21.3. The van der Waals surface area contributed by atoms with Gasteiger partial charge in [0.2, 0.25) is 5.91 Å². The van der Waals surface area contributed by atoms with Crippen molar-refractivity contribution in [3.63, 3.8) is 0 Å². The number of benzene rings is 2. The maximum Gasteiger partial charge on any atom is 0.331 e. The van der Waals surface area contributed by atoms with Crippen LogP contribution in [0.5, 0.6) is 0 Å². The van der Waals surface area contributed by atoms with Crippen LogP contribution in [0.2, 0.25) is 0 Å². The Morgan fingerprint density at radius 2 is 1.73 bits per heavy atom. The largest absolute Gasteiger partial charge is 0.331 e. The molecule has 37 heavy (non-hydrogen) atoms. The second-order valence-corrected chi connectivity index (χ2v) is 10.4. The van der Waals surface area contributed by atoms with Gasteiger partial charge in [-0.1, -0.05) is 18.2 Å². The maximum absolute atomic E-state index is 13.3. The molecule has 1 atom stereocenters. The van der Waals surface area contributed by atoms with Crippen LogP contribution >= 0.6 is 0 Å². The molecule has 2 aliphatic rings. The minimum Gasteiger partial charge on any atom is -0.326 e. The first-order valence-corrected chi connectivity index (χ1v) is 13.0. The van der Waals surface area contributed by atoms with Gasteiger partial charge in [-0.15, -0.1) is 0 Å². The summed E-state index contributed by atoms with van der Waals surface area (Å²) in [4.78, 5) is 53.9. The molecule has 0 spiro atoms. The Kier molecular flexibility index (Phi) is 6.86. The van der Waals surface area contributed by atoms with Crippen molar-refractivity contribution in [2.45, 2.75) is 52.1 Å². The second kappa shape index (κ2) is 10.2. The van der Waals surface area contributed by atoms with Crippen LogP contribution < -0.4 is 21.9 Å². The number of nitrogens with zero attached hydrogens (tertiary/aromatic N) is 3. The molecule has 2 heterocycles. The first-order chi connectivity index (χ1) is 17.8. The van der Waals surface area contributed by atoms with Gasteiger partial charge in [-0.3, -0.25) is 18.7 Å². The van der Waals surface area contributed by atoms with Gasteiger partial charge in [0.15, 0.2) is 0 Å². The number of likely N-dealkylation sites (tertiary alicyclic amines) is 1. The summed E-state index contributed by atoms with van der Waals surface area (Å²) < 4.78 is 2.98. The van der Waals surface area contributed by atoms with E-state index in [-0.39, 0.29) is 35.1 Å². The summed E-state index contributed by atoms with van der Waals surface area (Å²) in [6.07, 6.45) is 3.50. The third-order valence-electron chi connectivity index (χ3n) is 7.19. The topological polar surface area (TPSA) is 105 Å². The second-order valence-electron chi connectivity index (χ2n) is 10.4. The predicted molar refractivity (Wildman–Crippen MR) is 144 cm³/mol. The lowest BCUT2D eigenvalue weighted by atomic mass is 9.97. The number of para-hydroxylation sites is 1. The summed E-state index contributed by atoms with van der Waals surface area (Å²) in [6, 6.07) is 13.9. The third-order valence-corrected chi connectivity index (χ3v) is 7.19. The lowest BCUT2D eigenvalue weighted by Gasteiger charge is -2.32. The lowest BCUT2D eigenvalue weighted by Crippen LogP contribution is -2.45. The van der Waals surface area contributed by atoms with Crippen molar-refractivity contribution in [1.29, 1.82) is 0 Å². The molecule has 3 aromatic rings. The van der Waals surface area contributed by atoms with Gasteiger partial charge in [0.05, 0.1) is 16.8 Å². The highest BCUT2D eigenvalue weighted by molar-refractivity contribution is 5.95. The van der Waals surface area contributed by atoms with E-state index in [1.165, 1.54) is 4.57 Å². The Morgan fingerprint density at radius 1 is 0.973 bits per heavy atom. The van der Waals surface area contributed by atoms with Crippen LogP contribution in [0.4, 0.5) is 16.2 Å². The molecule has 1 unspecified atom stereocenters. The van der Waals surface area contributed by atoms with Crippen LogP contribution in [0.25, 0.3) is 10.9 Å². The first kappa shape index (κ1) is 24.8. The number of nitrogens with one attached hydrogen (secondary N) is 2. The van der Waals surface area contributed by atoms with Crippen molar-refractivity contribution in [1.82, 2.24) is 14.0 Å². The quantitative estimate of drug-likeness (QED) is 0.530. The first-order valence-electron chi connectivity index (χ1n) is 13.0. The SMILES string of the molecule is CC(C)n1c(=O)n(CC2CC2)c(=O)c2cc(NC(=O)N3CCCC(C(=O)Nc4ccccc4)C3)ccc21. The van der Waals surface area contributed by atoms with Crippen LogP contribution in [0.3, 0.4) is 0 Å². The average Bonchev–Trinajstić information content (AvgIpc) is 3.72. The molecule has 2 N–H and O–H groups in total. The summed E-state index contributed by atoms with van der Waals surface area (Å²) in [5, 5.41) is 6.23. The van der Waals surface area contributed by atoms with Crippen molar-refractivity contribution in [2.24, 2.45) is 11.8 Å². The highest BCUT2D eigenvalue weighted by Gasteiger charge is 2.29. The monoisotopic (exact) mass is 503 g/mol. The molecular formula is C28H33N5O4. The number of aromatic nitrogens is 2. The number of rotatable bonds is 6. The fourth-order valence-electron chi connectivity index (χ4n) is 5.02. The maximum atomic E-state index is 13.3. The van der Waals surface area contributed by atoms with Gasteiger partial charge in [0, 0.05) is 37.1 Å². The van der Waals surface area contributed by atoms with Crippen LogP contribution in [0.15, 0.2) is 58.1 Å². The van der Waals surface area contributed by atoms with Crippen LogP contribution in [-0.4, -0.2) is 39.1 Å². The Hall–Kier alpha value is -3.88. The van der Waals surface area contributed by atoms with Gasteiger partial charge in [-0.2, -0.15) is 0 Å². The zero-order chi connectivity index (χ0) is 26.1. The number of piperidine rings is 1. The van der Waals surface area contributed by atoms with Crippen molar-refractivity contribution >= 4 is 34.2 Å². The van der Waals surface area contributed by atoms with E-state index in [0.29, 0.717) is 48.6 Å². The number of carbonyl (C=O) groups excluding carboxylic acids is 2. The molecule has 9 nitrogen and oxygen atoms in total. The molecule has 2 aromatic carbocycles. The number of hydrogen-bond acceptors (Lipinski definition) is 4. The zero-order valence-corrected chi connectivity index (χ0v) is 21.3. The molecular weight excluding hydrogens is 470 g/mol. The Balaban J connectivity index is 1.35. The molecule has 1 saturated carbocycles. The van der Waals surface area contributed by atoms with Crippen molar-refractivity contribution in [3.05, 3.63) is 69.4 Å². The van der Waals surface area contributed by atoms with E-state index >= 15 is 0 Å². The number of carbonyl (C=O) groups is 2. The molecule has 3 amide bonds. The minimum atomic E-state index is -0.324. The normalized spacial score (nSPS) is 17.7. The highest BCUT2D eigenvalue weighted by Crippen LogP contribution is 2.30. The highest BCUT2D eigenvalue weighted by atomic mass is 16.2. The smallest absolute Gasteiger partial charge is 0.326 e. The minimum absolute atomic E-state index is 0.0997.